The molecule has 26 heavy (non-hydrogen) atoms. The minimum Gasteiger partial charge on any atom is -0.207 e. The maximum absolute atomic E-state index is 12.9. The second-order valence-electron chi connectivity index (χ2n) is 6.36. The number of rotatable bonds is 14. The number of hydrogen-bond acceptors (Lipinski definition) is 4. The van der Waals surface area contributed by atoms with Crippen LogP contribution < -0.4 is 0 Å². The molecule has 6 heteroatoms. The van der Waals surface area contributed by atoms with E-state index in [0.29, 0.717) is 30.8 Å². The zero-order chi connectivity index (χ0) is 19.1. The molecule has 0 amide bonds. The minimum atomic E-state index is -3.47. The Morgan fingerprint density at radius 3 is 1.65 bits per heavy atom. The fourth-order valence-electron chi connectivity index (χ4n) is 2.79. The van der Waals surface area contributed by atoms with Crippen molar-refractivity contribution in [1.82, 2.24) is 4.31 Å². The molecule has 142 valence electrons. The van der Waals surface area contributed by atoms with Gasteiger partial charge in [-0.3, -0.25) is 0 Å². The first kappa shape index (κ1) is 22.2. The molecule has 1 aromatic rings. The van der Waals surface area contributed by atoms with Crippen molar-refractivity contribution in [2.24, 2.45) is 0 Å². The predicted molar refractivity (Wildman–Crippen MR) is 103 cm³/mol. The number of sulfonamides is 1. The van der Waals surface area contributed by atoms with Gasteiger partial charge in [-0.1, -0.05) is 43.9 Å². The van der Waals surface area contributed by atoms with Crippen LogP contribution in [-0.2, 0) is 10.0 Å². The molecule has 0 fully saturated rings. The third-order valence-electron chi connectivity index (χ3n) is 4.27. The van der Waals surface area contributed by atoms with Crippen molar-refractivity contribution in [1.29, 1.82) is 10.5 Å². The van der Waals surface area contributed by atoms with Gasteiger partial charge in [0.15, 0.2) is 0 Å². The van der Waals surface area contributed by atoms with Crippen molar-refractivity contribution in [2.45, 2.75) is 69.1 Å². The van der Waals surface area contributed by atoms with Crippen LogP contribution in [0.2, 0.25) is 0 Å². The average Bonchev–Trinajstić information content (AvgIpc) is 2.66. The summed E-state index contributed by atoms with van der Waals surface area (Å²) in [6.45, 7) is 1.03. The second-order valence-corrected chi connectivity index (χ2v) is 8.30. The average molecular weight is 376 g/mol. The molecule has 0 saturated carbocycles. The monoisotopic (exact) mass is 375 g/mol. The standard InChI is InChI=1S/C20H29N3O2S/c21-16-10-3-1-5-12-18-23(19-13-6-2-4-11-17-22)26(24,25)20-14-8-7-9-15-20/h7-9,14-15H,1-6,10-13,18-19H2. The number of nitriles is 2. The zero-order valence-corrected chi connectivity index (χ0v) is 16.3. The largest absolute Gasteiger partial charge is 0.243 e. The number of benzene rings is 1. The Morgan fingerprint density at radius 1 is 0.731 bits per heavy atom. The highest BCUT2D eigenvalue weighted by molar-refractivity contribution is 7.89. The summed E-state index contributed by atoms with van der Waals surface area (Å²) in [5, 5.41) is 17.1. The molecule has 0 aliphatic carbocycles. The van der Waals surface area contributed by atoms with Crippen LogP contribution in [0.5, 0.6) is 0 Å². The first-order valence-corrected chi connectivity index (χ1v) is 10.9. The molecule has 0 bridgehead atoms. The summed E-state index contributed by atoms with van der Waals surface area (Å²) in [6.07, 6.45) is 8.29. The number of unbranched alkanes of at least 4 members (excludes halogenated alkanes) is 8. The van der Waals surface area contributed by atoms with Gasteiger partial charge in [-0.2, -0.15) is 14.8 Å². The summed E-state index contributed by atoms with van der Waals surface area (Å²) in [6, 6.07) is 12.9. The molecule has 1 aromatic carbocycles. The highest BCUT2D eigenvalue weighted by Gasteiger charge is 2.23. The Bertz CT molecular complexity index is 649. The third-order valence-corrected chi connectivity index (χ3v) is 6.19. The normalized spacial score (nSPS) is 11.2. The fourth-order valence-corrected chi connectivity index (χ4v) is 4.32. The van der Waals surface area contributed by atoms with Gasteiger partial charge < -0.3 is 0 Å². The van der Waals surface area contributed by atoms with Crippen LogP contribution in [0.1, 0.15) is 64.2 Å². The molecule has 5 nitrogen and oxygen atoms in total. The van der Waals surface area contributed by atoms with E-state index in [2.05, 4.69) is 12.1 Å². The topological polar surface area (TPSA) is 85.0 Å². The van der Waals surface area contributed by atoms with Crippen LogP contribution in [0, 0.1) is 22.7 Å². The molecular formula is C20H29N3O2S. The van der Waals surface area contributed by atoms with Crippen molar-refractivity contribution in [3.8, 4) is 12.1 Å². The lowest BCUT2D eigenvalue weighted by molar-refractivity contribution is 0.385. The minimum absolute atomic E-state index is 0.342. The molecule has 0 radical (unpaired) electrons. The Labute approximate surface area is 158 Å². The summed E-state index contributed by atoms with van der Waals surface area (Å²) in [4.78, 5) is 0.342. The van der Waals surface area contributed by atoms with Gasteiger partial charge in [0.05, 0.1) is 17.0 Å². The maximum atomic E-state index is 12.9. The van der Waals surface area contributed by atoms with Crippen molar-refractivity contribution in [3.05, 3.63) is 30.3 Å². The van der Waals surface area contributed by atoms with Gasteiger partial charge in [-0.15, -0.1) is 0 Å². The van der Waals surface area contributed by atoms with E-state index in [-0.39, 0.29) is 0 Å². The Hall–Kier alpha value is -1.89. The van der Waals surface area contributed by atoms with Crippen LogP contribution in [-0.4, -0.2) is 25.8 Å². The molecule has 0 aromatic heterocycles. The van der Waals surface area contributed by atoms with Crippen molar-refractivity contribution in [2.75, 3.05) is 13.1 Å². The van der Waals surface area contributed by atoms with E-state index in [0.717, 1.165) is 51.4 Å². The Kier molecular flexibility index (Phi) is 11.4. The lowest BCUT2D eigenvalue weighted by Crippen LogP contribution is -2.33. The first-order valence-electron chi connectivity index (χ1n) is 9.42. The molecule has 0 atom stereocenters. The maximum Gasteiger partial charge on any atom is 0.243 e. The SMILES string of the molecule is N#CCCCCCCN(CCCCCCC#N)S(=O)(=O)c1ccccc1. The van der Waals surface area contributed by atoms with Gasteiger partial charge in [0.25, 0.3) is 0 Å². The van der Waals surface area contributed by atoms with E-state index in [9.17, 15) is 8.42 Å². The van der Waals surface area contributed by atoms with Crippen molar-refractivity contribution < 1.29 is 8.42 Å². The van der Waals surface area contributed by atoms with Crippen molar-refractivity contribution >= 4 is 10.0 Å². The van der Waals surface area contributed by atoms with E-state index in [1.165, 1.54) is 0 Å². The highest BCUT2D eigenvalue weighted by atomic mass is 32.2. The third kappa shape index (κ3) is 8.47. The summed E-state index contributed by atoms with van der Waals surface area (Å²) in [7, 11) is -3.47. The van der Waals surface area contributed by atoms with E-state index >= 15 is 0 Å². The second kappa shape index (κ2) is 13.3. The molecule has 0 saturated heterocycles. The molecule has 1 rings (SSSR count). The van der Waals surface area contributed by atoms with Gasteiger partial charge in [0.1, 0.15) is 0 Å². The van der Waals surface area contributed by atoms with Gasteiger partial charge in [0, 0.05) is 25.9 Å². The molecule has 0 aliphatic heterocycles. The van der Waals surface area contributed by atoms with Crippen LogP contribution in [0.3, 0.4) is 0 Å². The lowest BCUT2D eigenvalue weighted by Gasteiger charge is -2.22. The van der Waals surface area contributed by atoms with Gasteiger partial charge in [0.2, 0.25) is 10.0 Å². The summed E-state index contributed by atoms with van der Waals surface area (Å²) in [5.41, 5.74) is 0. The van der Waals surface area contributed by atoms with Gasteiger partial charge >= 0.3 is 0 Å². The predicted octanol–water partition coefficient (Wildman–Crippen LogP) is 4.63. The smallest absolute Gasteiger partial charge is 0.207 e. The van der Waals surface area contributed by atoms with Crippen LogP contribution >= 0.6 is 0 Å². The first-order chi connectivity index (χ1) is 12.6. The molecule has 0 unspecified atom stereocenters. The molecule has 0 heterocycles. The van der Waals surface area contributed by atoms with E-state index in [4.69, 9.17) is 10.5 Å². The van der Waals surface area contributed by atoms with Gasteiger partial charge in [-0.25, -0.2) is 8.42 Å². The Morgan fingerprint density at radius 2 is 1.19 bits per heavy atom. The van der Waals surface area contributed by atoms with Crippen molar-refractivity contribution in [3.63, 3.8) is 0 Å². The number of nitrogens with zero attached hydrogens (tertiary/aromatic N) is 3. The number of hydrogen-bond donors (Lipinski definition) is 0. The van der Waals surface area contributed by atoms with Crippen LogP contribution in [0.25, 0.3) is 0 Å². The molecule has 0 spiro atoms. The summed E-state index contributed by atoms with van der Waals surface area (Å²) in [5.74, 6) is 0. The van der Waals surface area contributed by atoms with E-state index < -0.39 is 10.0 Å². The molecule has 0 aliphatic rings. The molecular weight excluding hydrogens is 346 g/mol. The molecule has 0 N–H and O–H groups in total. The van der Waals surface area contributed by atoms with Gasteiger partial charge in [-0.05, 0) is 37.8 Å². The fraction of sp³-hybridized carbons (Fsp3) is 0.600. The van der Waals surface area contributed by atoms with Crippen LogP contribution in [0.4, 0.5) is 0 Å². The van der Waals surface area contributed by atoms with E-state index in [1.54, 1.807) is 28.6 Å². The van der Waals surface area contributed by atoms with E-state index in [1.807, 2.05) is 6.07 Å². The lowest BCUT2D eigenvalue weighted by atomic mass is 10.1. The van der Waals surface area contributed by atoms with Crippen LogP contribution in [0.15, 0.2) is 35.2 Å². The quantitative estimate of drug-likeness (QED) is 0.444. The summed E-state index contributed by atoms with van der Waals surface area (Å²) >= 11 is 0. The zero-order valence-electron chi connectivity index (χ0n) is 15.4. The highest BCUT2D eigenvalue weighted by Crippen LogP contribution is 2.18. The Balaban J connectivity index is 2.57. The summed E-state index contributed by atoms with van der Waals surface area (Å²) < 4.78 is 27.4.